The first-order valence-corrected chi connectivity index (χ1v) is 11.3. The van der Waals surface area contributed by atoms with Crippen LogP contribution in [0.25, 0.3) is 11.0 Å². The predicted octanol–water partition coefficient (Wildman–Crippen LogP) is 3.93. The fraction of sp³-hybridized carbons (Fsp3) is 0.500. The Morgan fingerprint density at radius 1 is 1.22 bits per heavy atom. The highest BCUT2D eigenvalue weighted by Crippen LogP contribution is 2.26. The normalized spacial score (nSPS) is 17.4. The molecule has 0 amide bonds. The molecule has 1 aromatic carbocycles. The first kappa shape index (κ1) is 20.1. The average molecular weight is 407 g/mol. The third-order valence-corrected chi connectivity index (χ3v) is 6.85. The molecule has 0 spiro atoms. The summed E-state index contributed by atoms with van der Waals surface area (Å²) in [7, 11) is -1.38. The van der Waals surface area contributed by atoms with Crippen LogP contribution in [-0.4, -0.2) is 39.3 Å². The van der Waals surface area contributed by atoms with Crippen LogP contribution in [0.3, 0.4) is 0 Å². The van der Waals surface area contributed by atoms with Gasteiger partial charge in [-0.2, -0.15) is 16.2 Å². The summed E-state index contributed by atoms with van der Waals surface area (Å²) >= 11 is 1.91. The lowest BCUT2D eigenvalue weighted by Crippen LogP contribution is -2.33. The summed E-state index contributed by atoms with van der Waals surface area (Å²) in [5, 5.41) is 0.538. The maximum Gasteiger partial charge on any atom is 0.200 e. The smallest absolute Gasteiger partial charge is 0.200 e. The van der Waals surface area contributed by atoms with Crippen LogP contribution in [0.5, 0.6) is 0 Å². The molecule has 7 heteroatoms. The minimum atomic E-state index is -1.38. The molecule has 1 aromatic heterocycles. The van der Waals surface area contributed by atoms with Gasteiger partial charge in [0.15, 0.2) is 11.3 Å². The maximum absolute atomic E-state index is 12.8. The monoisotopic (exact) mass is 406 g/mol. The van der Waals surface area contributed by atoms with Crippen molar-refractivity contribution in [3.05, 3.63) is 39.5 Å². The maximum atomic E-state index is 12.8. The Bertz CT molecular complexity index is 968. The Kier molecular flexibility index (Phi) is 5.82. The van der Waals surface area contributed by atoms with E-state index in [0.717, 1.165) is 35.7 Å². The first-order chi connectivity index (χ1) is 12.7. The Labute approximate surface area is 166 Å². The van der Waals surface area contributed by atoms with Gasteiger partial charge < -0.3 is 9.32 Å². The quantitative estimate of drug-likeness (QED) is 0.723. The number of fused-ring (bicyclic) bond motifs is 1. The molecular formula is C20H26N2O3S2. The lowest BCUT2D eigenvalue weighted by Gasteiger charge is -2.27. The van der Waals surface area contributed by atoms with Gasteiger partial charge in [0.1, 0.15) is 16.6 Å². The molecule has 1 fully saturated rings. The third kappa shape index (κ3) is 4.46. The van der Waals surface area contributed by atoms with E-state index in [1.807, 2.05) is 58.5 Å². The molecule has 0 aliphatic carbocycles. The van der Waals surface area contributed by atoms with Gasteiger partial charge >= 0.3 is 0 Å². The van der Waals surface area contributed by atoms with E-state index >= 15 is 0 Å². The number of aryl methyl sites for hydroxylation is 1. The minimum Gasteiger partial charge on any atom is -0.440 e. The van der Waals surface area contributed by atoms with Gasteiger partial charge in [0.25, 0.3) is 0 Å². The molecule has 146 valence electrons. The second-order valence-electron chi connectivity index (χ2n) is 7.78. The largest absolute Gasteiger partial charge is 0.440 e. The van der Waals surface area contributed by atoms with Crippen LogP contribution in [-0.2, 0) is 11.0 Å². The highest BCUT2D eigenvalue weighted by molar-refractivity contribution is 7.99. The third-order valence-electron chi connectivity index (χ3n) is 4.42. The van der Waals surface area contributed by atoms with Gasteiger partial charge in [-0.15, -0.1) is 0 Å². The Balaban J connectivity index is 2.16. The molecule has 0 radical (unpaired) electrons. The van der Waals surface area contributed by atoms with Crippen molar-refractivity contribution in [2.24, 2.45) is 4.40 Å². The highest BCUT2D eigenvalue weighted by Gasteiger charge is 2.21. The molecule has 1 atom stereocenters. The summed E-state index contributed by atoms with van der Waals surface area (Å²) in [6.07, 6.45) is 0. The van der Waals surface area contributed by atoms with Gasteiger partial charge in [0.05, 0.1) is 15.8 Å². The van der Waals surface area contributed by atoms with Crippen molar-refractivity contribution in [3.8, 4) is 0 Å². The lowest BCUT2D eigenvalue weighted by molar-refractivity contribution is 0.577. The zero-order chi connectivity index (χ0) is 19.8. The van der Waals surface area contributed by atoms with E-state index in [4.69, 9.17) is 4.42 Å². The second kappa shape index (κ2) is 7.80. The zero-order valence-corrected chi connectivity index (χ0v) is 18.1. The van der Waals surface area contributed by atoms with Gasteiger partial charge in [-0.1, -0.05) is 0 Å². The number of nitrogens with zero attached hydrogens (tertiary/aromatic N) is 2. The van der Waals surface area contributed by atoms with E-state index < -0.39 is 15.7 Å². The molecule has 1 saturated heterocycles. The summed E-state index contributed by atoms with van der Waals surface area (Å²) in [6, 6.07) is 5.37. The molecule has 2 heterocycles. The van der Waals surface area contributed by atoms with E-state index in [2.05, 4.69) is 9.30 Å². The standard InChI is InChI=1S/C20H26N2O3S2/c1-13-10-15(14(2)21-27(24)20(3,4)5)19-16(11-13)17(23)12-18(25-19)22-6-8-26-9-7-22/h10-12H,6-9H2,1-5H3. The van der Waals surface area contributed by atoms with Crippen LogP contribution in [0, 0.1) is 6.92 Å². The van der Waals surface area contributed by atoms with Crippen LogP contribution in [0.4, 0.5) is 5.88 Å². The molecule has 27 heavy (non-hydrogen) atoms. The summed E-state index contributed by atoms with van der Waals surface area (Å²) in [5.41, 5.74) is 2.76. The van der Waals surface area contributed by atoms with Crippen LogP contribution in [0.15, 0.2) is 31.8 Å². The predicted molar refractivity (Wildman–Crippen MR) is 117 cm³/mol. The van der Waals surface area contributed by atoms with E-state index in [9.17, 15) is 9.00 Å². The molecule has 1 aliphatic rings. The molecular weight excluding hydrogens is 380 g/mol. The molecule has 5 nitrogen and oxygen atoms in total. The van der Waals surface area contributed by atoms with Crippen molar-refractivity contribution in [3.63, 3.8) is 0 Å². The zero-order valence-electron chi connectivity index (χ0n) is 16.5. The van der Waals surface area contributed by atoms with Crippen LogP contribution in [0.2, 0.25) is 0 Å². The van der Waals surface area contributed by atoms with Gasteiger partial charge in [-0.25, -0.2) is 4.21 Å². The van der Waals surface area contributed by atoms with Gasteiger partial charge in [0.2, 0.25) is 0 Å². The second-order valence-corrected chi connectivity index (χ2v) is 10.9. The molecule has 3 rings (SSSR count). The summed E-state index contributed by atoms with van der Waals surface area (Å²) < 4.78 is 22.6. The number of rotatable bonds is 3. The number of hydrogen-bond donors (Lipinski definition) is 0. The Morgan fingerprint density at radius 2 is 1.89 bits per heavy atom. The SMILES string of the molecule is CC(=NS(=O)C(C)(C)C)c1cc(C)cc2c(=O)cc(N3CCSCC3)oc12. The summed E-state index contributed by atoms with van der Waals surface area (Å²) in [5.74, 6) is 2.64. The number of thioether (sulfide) groups is 1. The first-order valence-electron chi connectivity index (χ1n) is 9.05. The van der Waals surface area contributed by atoms with Crippen molar-refractivity contribution in [2.75, 3.05) is 29.5 Å². The van der Waals surface area contributed by atoms with Gasteiger partial charge in [-0.3, -0.25) is 4.79 Å². The lowest BCUT2D eigenvalue weighted by atomic mass is 10.0. The van der Waals surface area contributed by atoms with E-state index in [1.54, 1.807) is 6.07 Å². The van der Waals surface area contributed by atoms with Gasteiger partial charge in [-0.05, 0) is 52.3 Å². The summed E-state index contributed by atoms with van der Waals surface area (Å²) in [6.45, 7) is 11.2. The van der Waals surface area contributed by atoms with Crippen molar-refractivity contribution >= 4 is 45.3 Å². The van der Waals surface area contributed by atoms with Crippen molar-refractivity contribution in [1.29, 1.82) is 0 Å². The van der Waals surface area contributed by atoms with Crippen LogP contribution in [0.1, 0.15) is 38.8 Å². The molecule has 0 N–H and O–H groups in total. The van der Waals surface area contributed by atoms with E-state index in [1.165, 1.54) is 0 Å². The van der Waals surface area contributed by atoms with Crippen molar-refractivity contribution in [2.45, 2.75) is 39.4 Å². The molecule has 2 aromatic rings. The highest BCUT2D eigenvalue weighted by atomic mass is 32.2. The van der Waals surface area contributed by atoms with Crippen LogP contribution >= 0.6 is 11.8 Å². The minimum absolute atomic E-state index is 0.0563. The average Bonchev–Trinajstić information content (AvgIpc) is 2.61. The van der Waals surface area contributed by atoms with E-state index in [-0.39, 0.29) is 5.43 Å². The number of benzene rings is 1. The van der Waals surface area contributed by atoms with Crippen molar-refractivity contribution in [1.82, 2.24) is 0 Å². The Morgan fingerprint density at radius 3 is 2.52 bits per heavy atom. The van der Waals surface area contributed by atoms with Crippen molar-refractivity contribution < 1.29 is 8.63 Å². The molecule has 0 bridgehead atoms. The van der Waals surface area contributed by atoms with Crippen LogP contribution < -0.4 is 10.3 Å². The molecule has 1 unspecified atom stereocenters. The fourth-order valence-corrected chi connectivity index (χ4v) is 4.43. The topological polar surface area (TPSA) is 62.9 Å². The number of anilines is 1. The fourth-order valence-electron chi connectivity index (χ4n) is 2.91. The molecule has 0 saturated carbocycles. The number of hydrogen-bond acceptors (Lipinski definition) is 5. The summed E-state index contributed by atoms with van der Waals surface area (Å²) in [4.78, 5) is 14.9. The van der Waals surface area contributed by atoms with E-state index in [0.29, 0.717) is 22.6 Å². The van der Waals surface area contributed by atoms with Gasteiger partial charge in [0, 0.05) is 36.2 Å². The Hall–Kier alpha value is -1.60. The molecule has 1 aliphatic heterocycles.